The molecule has 1 fully saturated rings. The lowest BCUT2D eigenvalue weighted by atomic mass is 9.83. The quantitative estimate of drug-likeness (QED) is 0.785. The highest BCUT2D eigenvalue weighted by atomic mass is 16.5. The van der Waals surface area contributed by atoms with Crippen molar-refractivity contribution >= 4 is 11.9 Å². The topological polar surface area (TPSA) is 66.8 Å². The highest BCUT2D eigenvalue weighted by molar-refractivity contribution is 5.85. The van der Waals surface area contributed by atoms with Gasteiger partial charge in [0.25, 0.3) is 5.91 Å². The Morgan fingerprint density at radius 2 is 1.89 bits per heavy atom. The van der Waals surface area contributed by atoms with Crippen molar-refractivity contribution in [1.29, 1.82) is 0 Å². The predicted molar refractivity (Wildman–Crippen MR) is 67.3 cm³/mol. The lowest BCUT2D eigenvalue weighted by molar-refractivity contribution is -0.158. The molecular weight excluding hydrogens is 234 g/mol. The summed E-state index contributed by atoms with van der Waals surface area (Å²) in [5, 5.41) is 8.58. The molecule has 1 aliphatic rings. The lowest BCUT2D eigenvalue weighted by Crippen LogP contribution is -2.50. The fraction of sp³-hybridized carbons (Fsp3) is 0.846. The molecule has 1 saturated carbocycles. The number of carbonyl (C=O) groups is 2. The van der Waals surface area contributed by atoms with Gasteiger partial charge in [0.2, 0.25) is 0 Å². The first-order valence-corrected chi connectivity index (χ1v) is 6.54. The van der Waals surface area contributed by atoms with Crippen molar-refractivity contribution in [2.45, 2.75) is 50.5 Å². The van der Waals surface area contributed by atoms with Gasteiger partial charge in [-0.3, -0.25) is 9.59 Å². The fourth-order valence-corrected chi connectivity index (χ4v) is 2.55. The molecule has 18 heavy (non-hydrogen) atoms. The van der Waals surface area contributed by atoms with E-state index in [0.29, 0.717) is 13.0 Å². The van der Waals surface area contributed by atoms with Crippen LogP contribution >= 0.6 is 0 Å². The molecule has 1 aliphatic carbocycles. The van der Waals surface area contributed by atoms with E-state index in [4.69, 9.17) is 9.84 Å². The van der Waals surface area contributed by atoms with Gasteiger partial charge in [-0.05, 0) is 19.3 Å². The Morgan fingerprint density at radius 1 is 1.28 bits per heavy atom. The number of rotatable bonds is 6. The number of hydrogen-bond donors (Lipinski definition) is 1. The van der Waals surface area contributed by atoms with Crippen LogP contribution in [0.3, 0.4) is 0 Å². The summed E-state index contributed by atoms with van der Waals surface area (Å²) in [5.41, 5.74) is -0.670. The third-order valence-corrected chi connectivity index (χ3v) is 3.67. The second kappa shape index (κ2) is 6.73. The van der Waals surface area contributed by atoms with E-state index in [-0.39, 0.29) is 12.3 Å². The summed E-state index contributed by atoms with van der Waals surface area (Å²) in [5.74, 6) is -0.829. The summed E-state index contributed by atoms with van der Waals surface area (Å²) in [6.45, 7) is 0.468. The van der Waals surface area contributed by atoms with Gasteiger partial charge in [0.15, 0.2) is 0 Å². The fourth-order valence-electron chi connectivity index (χ4n) is 2.55. The molecule has 104 valence electrons. The Labute approximate surface area is 108 Å². The molecule has 0 heterocycles. The van der Waals surface area contributed by atoms with Crippen LogP contribution in [0.15, 0.2) is 0 Å². The van der Waals surface area contributed by atoms with Crippen LogP contribution in [-0.4, -0.2) is 48.2 Å². The highest BCUT2D eigenvalue weighted by Crippen LogP contribution is 2.32. The molecule has 1 amide bonds. The molecule has 0 bridgehead atoms. The number of carboxylic acid groups (broad SMARTS) is 1. The minimum atomic E-state index is -0.824. The number of carboxylic acids is 1. The van der Waals surface area contributed by atoms with E-state index >= 15 is 0 Å². The summed E-state index contributed by atoms with van der Waals surface area (Å²) in [6, 6.07) is 0. The minimum absolute atomic E-state index is 0.00455. The van der Waals surface area contributed by atoms with Crippen molar-refractivity contribution in [3.63, 3.8) is 0 Å². The first kappa shape index (κ1) is 15.0. The number of carbonyl (C=O) groups excluding carboxylic acids is 1. The number of methoxy groups -OCH3 is 1. The van der Waals surface area contributed by atoms with E-state index in [9.17, 15) is 9.59 Å². The second-order valence-corrected chi connectivity index (χ2v) is 4.98. The summed E-state index contributed by atoms with van der Waals surface area (Å²) in [6.07, 6.45) is 5.30. The normalized spacial score (nSPS) is 18.3. The number of nitrogens with zero attached hydrogens (tertiary/aromatic N) is 1. The zero-order valence-electron chi connectivity index (χ0n) is 11.3. The summed E-state index contributed by atoms with van der Waals surface area (Å²) in [7, 11) is 3.31. The molecule has 0 spiro atoms. The summed E-state index contributed by atoms with van der Waals surface area (Å²) in [4.78, 5) is 24.4. The van der Waals surface area contributed by atoms with Gasteiger partial charge in [0, 0.05) is 27.1 Å². The Kier molecular flexibility index (Phi) is 5.59. The molecule has 5 heteroatoms. The van der Waals surface area contributed by atoms with Crippen LogP contribution in [0, 0.1) is 0 Å². The standard InChI is InChI=1S/C13H23NO4/c1-14(10-6-7-11(15)16)12(17)13(18-2)8-4-3-5-9-13/h3-10H2,1-2H3,(H,15,16). The zero-order chi connectivity index (χ0) is 13.6. The van der Waals surface area contributed by atoms with Crippen molar-refractivity contribution in [2.24, 2.45) is 0 Å². The van der Waals surface area contributed by atoms with Crippen LogP contribution in [0.1, 0.15) is 44.9 Å². The van der Waals surface area contributed by atoms with Crippen molar-refractivity contribution in [3.05, 3.63) is 0 Å². The maximum absolute atomic E-state index is 12.4. The molecule has 0 aromatic carbocycles. The molecule has 0 aliphatic heterocycles. The smallest absolute Gasteiger partial charge is 0.303 e. The number of ether oxygens (including phenoxy) is 1. The van der Waals surface area contributed by atoms with Crippen LogP contribution in [-0.2, 0) is 14.3 Å². The SMILES string of the molecule is COC1(C(=O)N(C)CCCC(=O)O)CCCCC1. The summed E-state index contributed by atoms with van der Waals surface area (Å²) < 4.78 is 5.48. The van der Waals surface area contributed by atoms with Crippen LogP contribution in [0.25, 0.3) is 0 Å². The molecular formula is C13H23NO4. The molecule has 1 rings (SSSR count). The van der Waals surface area contributed by atoms with Gasteiger partial charge in [-0.1, -0.05) is 19.3 Å². The van der Waals surface area contributed by atoms with E-state index in [1.807, 2.05) is 0 Å². The number of aliphatic carboxylic acids is 1. The third-order valence-electron chi connectivity index (χ3n) is 3.67. The second-order valence-electron chi connectivity index (χ2n) is 4.98. The lowest BCUT2D eigenvalue weighted by Gasteiger charge is -2.37. The van der Waals surface area contributed by atoms with Crippen molar-refractivity contribution in [2.75, 3.05) is 20.7 Å². The van der Waals surface area contributed by atoms with Crippen LogP contribution in [0.4, 0.5) is 0 Å². The maximum atomic E-state index is 12.4. The van der Waals surface area contributed by atoms with Gasteiger partial charge >= 0.3 is 5.97 Å². The average Bonchev–Trinajstić information content (AvgIpc) is 2.38. The molecule has 5 nitrogen and oxygen atoms in total. The van der Waals surface area contributed by atoms with Gasteiger partial charge in [-0.15, -0.1) is 0 Å². The van der Waals surface area contributed by atoms with Crippen molar-refractivity contribution in [3.8, 4) is 0 Å². The minimum Gasteiger partial charge on any atom is -0.481 e. The molecule has 0 aromatic rings. The van der Waals surface area contributed by atoms with E-state index in [1.165, 1.54) is 0 Å². The number of hydrogen-bond acceptors (Lipinski definition) is 3. The van der Waals surface area contributed by atoms with Gasteiger partial charge in [0.05, 0.1) is 0 Å². The van der Waals surface area contributed by atoms with E-state index in [1.54, 1.807) is 19.1 Å². The van der Waals surface area contributed by atoms with Gasteiger partial charge in [-0.25, -0.2) is 0 Å². The van der Waals surface area contributed by atoms with Crippen LogP contribution in [0.2, 0.25) is 0 Å². The van der Waals surface area contributed by atoms with Gasteiger partial charge < -0.3 is 14.7 Å². The molecule has 0 radical (unpaired) electrons. The largest absolute Gasteiger partial charge is 0.481 e. The molecule has 0 saturated heterocycles. The van der Waals surface area contributed by atoms with E-state index in [2.05, 4.69) is 0 Å². The third kappa shape index (κ3) is 3.70. The zero-order valence-corrected chi connectivity index (χ0v) is 11.3. The maximum Gasteiger partial charge on any atom is 0.303 e. The molecule has 0 aromatic heterocycles. The highest BCUT2D eigenvalue weighted by Gasteiger charge is 2.41. The van der Waals surface area contributed by atoms with Crippen molar-refractivity contribution < 1.29 is 19.4 Å². The predicted octanol–water partition coefficient (Wildman–Crippen LogP) is 1.66. The van der Waals surface area contributed by atoms with E-state index in [0.717, 1.165) is 32.1 Å². The van der Waals surface area contributed by atoms with E-state index < -0.39 is 11.6 Å². The number of likely N-dealkylation sites (N-methyl/N-ethyl adjacent to an activating group) is 1. The Morgan fingerprint density at radius 3 is 2.39 bits per heavy atom. The van der Waals surface area contributed by atoms with Crippen LogP contribution < -0.4 is 0 Å². The summed E-state index contributed by atoms with van der Waals surface area (Å²) >= 11 is 0. The Bertz CT molecular complexity index is 297. The molecule has 0 atom stereocenters. The molecule has 0 unspecified atom stereocenters. The first-order chi connectivity index (χ1) is 8.52. The van der Waals surface area contributed by atoms with Gasteiger partial charge in [-0.2, -0.15) is 0 Å². The van der Waals surface area contributed by atoms with Crippen molar-refractivity contribution in [1.82, 2.24) is 4.90 Å². The first-order valence-electron chi connectivity index (χ1n) is 6.54. The van der Waals surface area contributed by atoms with Crippen LogP contribution in [0.5, 0.6) is 0 Å². The number of amides is 1. The Hall–Kier alpha value is -1.10. The average molecular weight is 257 g/mol. The monoisotopic (exact) mass is 257 g/mol. The van der Waals surface area contributed by atoms with Gasteiger partial charge in [0.1, 0.15) is 5.60 Å². The molecule has 1 N–H and O–H groups in total. The Balaban J connectivity index is 2.52.